The maximum atomic E-state index is 12.7. The number of ether oxygens (including phenoxy) is 4. The van der Waals surface area contributed by atoms with Crippen molar-refractivity contribution in [3.05, 3.63) is 141 Å². The quantitative estimate of drug-likeness (QED) is 0.0133. The Bertz CT molecular complexity index is 5380. The highest BCUT2D eigenvalue weighted by atomic mass is 35.7. The first-order valence-corrected chi connectivity index (χ1v) is 64.5. The summed E-state index contributed by atoms with van der Waals surface area (Å²) in [5.41, 5.74) is -5.57. The van der Waals surface area contributed by atoms with Crippen molar-refractivity contribution < 1.29 is 107 Å². The number of nitrogens with zero attached hydrogens (tertiary/aromatic N) is 6. The third-order valence-electron chi connectivity index (χ3n) is 22.6. The van der Waals surface area contributed by atoms with Gasteiger partial charge in [0, 0.05) is 156 Å². The van der Waals surface area contributed by atoms with Crippen LogP contribution in [0.4, 0.5) is 24.8 Å². The van der Waals surface area contributed by atoms with Gasteiger partial charge in [0.15, 0.2) is 53.2 Å². The Kier molecular flexibility index (Phi) is 58.2. The summed E-state index contributed by atoms with van der Waals surface area (Å²) in [5.74, 6) is 1.44. The summed E-state index contributed by atoms with van der Waals surface area (Å²) in [6, 6.07) is 9.56. The van der Waals surface area contributed by atoms with E-state index in [0.29, 0.717) is 16.6 Å². The number of aromatic nitrogens is 8. The summed E-state index contributed by atoms with van der Waals surface area (Å²) in [7, 11) is -0.213. The molecule has 36 nitrogen and oxygen atoms in total. The highest BCUT2D eigenvalue weighted by Gasteiger charge is 2.60. The van der Waals surface area contributed by atoms with E-state index in [1.807, 2.05) is 65.6 Å². The molecule has 9 rings (SSSR count). The maximum absolute atomic E-state index is 12.7. The molecule has 1 aromatic carbocycles. The van der Waals surface area contributed by atoms with Crippen LogP contribution in [0.25, 0.3) is 0 Å². The van der Waals surface area contributed by atoms with E-state index in [-0.39, 0.29) is 66.6 Å². The van der Waals surface area contributed by atoms with Gasteiger partial charge in [0.25, 0.3) is 20.2 Å². The minimum Gasteiger partial charge on any atom is -0.407 e. The number of halogens is 4. The fourth-order valence-electron chi connectivity index (χ4n) is 13.4. The van der Waals surface area contributed by atoms with Crippen LogP contribution < -0.4 is 44.8 Å². The minimum atomic E-state index is -5.39. The second kappa shape index (κ2) is 58.2. The van der Waals surface area contributed by atoms with Crippen molar-refractivity contribution in [2.24, 2.45) is 11.8 Å². The molecule has 0 amide bonds. The van der Waals surface area contributed by atoms with Crippen LogP contribution >= 0.6 is 10.7 Å². The summed E-state index contributed by atoms with van der Waals surface area (Å²) in [6.07, 6.45) is -0.624. The molecule has 0 saturated carbocycles. The Morgan fingerprint density at radius 3 is 1.08 bits per heavy atom. The molecule has 4 unspecified atom stereocenters. The molecule has 5 aromatic rings. The lowest BCUT2D eigenvalue weighted by Crippen LogP contribution is -2.54. The molecule has 4 saturated heterocycles. The van der Waals surface area contributed by atoms with Crippen molar-refractivity contribution >= 4 is 156 Å². The zero-order valence-corrected chi connectivity index (χ0v) is 94.6. The Hall–Kier alpha value is -4.09. The van der Waals surface area contributed by atoms with Gasteiger partial charge in [-0.3, -0.25) is 47.5 Å². The largest absolute Gasteiger partial charge is 0.522 e. The van der Waals surface area contributed by atoms with Crippen LogP contribution in [-0.4, -0.2) is 215 Å². The molecule has 788 valence electrons. The van der Waals surface area contributed by atoms with Gasteiger partial charge in [-0.25, -0.2) is 38.6 Å². The lowest BCUT2D eigenvalue weighted by atomic mass is 9.87. The minimum absolute atomic E-state index is 0. The van der Waals surface area contributed by atoms with E-state index in [9.17, 15) is 79.2 Å². The highest BCUT2D eigenvalue weighted by Crippen LogP contribution is 2.53. The number of rotatable bonds is 22. The lowest BCUT2D eigenvalue weighted by Gasteiger charge is -2.46. The number of H-pyrrole nitrogens is 2. The van der Waals surface area contributed by atoms with E-state index in [1.54, 1.807) is 16.8 Å². The first-order valence-electron chi connectivity index (χ1n) is 42.2. The van der Waals surface area contributed by atoms with E-state index in [1.165, 1.54) is 121 Å². The molecule has 16 atom stereocenters. The number of nitrogens with one attached hydrogen (secondary N) is 4. The van der Waals surface area contributed by atoms with Crippen molar-refractivity contribution in [2.45, 2.75) is 348 Å². The van der Waals surface area contributed by atoms with Gasteiger partial charge in [-0.1, -0.05) is 152 Å². The molecule has 4 fully saturated rings. The van der Waals surface area contributed by atoms with E-state index < -0.39 is 168 Å². The van der Waals surface area contributed by atoms with Crippen LogP contribution in [-0.2, 0) is 150 Å². The molecule has 136 heavy (non-hydrogen) atoms. The molecular formula is C82H148ClF3N10O26S11Si3. The van der Waals surface area contributed by atoms with Gasteiger partial charge in [0.2, 0.25) is 8.32 Å². The van der Waals surface area contributed by atoms with Gasteiger partial charge in [0.05, 0.1) is 44.5 Å². The zero-order chi connectivity index (χ0) is 105. The predicted octanol–water partition coefficient (Wildman–Crippen LogP) is 11.5. The Morgan fingerprint density at radius 1 is 0.551 bits per heavy atom. The molecule has 0 bridgehead atoms. The van der Waals surface area contributed by atoms with E-state index in [0.717, 1.165) is 58.0 Å². The lowest BCUT2D eigenvalue weighted by molar-refractivity contribution is -0.0987. The summed E-state index contributed by atoms with van der Waals surface area (Å²) < 4.78 is 125. The smallest absolute Gasteiger partial charge is 0.407 e. The Labute approximate surface area is 839 Å². The molecule has 0 spiro atoms. The van der Waals surface area contributed by atoms with Crippen LogP contribution in [0.1, 0.15) is 239 Å². The van der Waals surface area contributed by atoms with Gasteiger partial charge < -0.3 is 67.4 Å². The van der Waals surface area contributed by atoms with Gasteiger partial charge in [0.1, 0.15) is 46.8 Å². The molecule has 11 N–H and O–H groups in total. The zero-order valence-electron chi connectivity index (χ0n) is 81.8. The summed E-state index contributed by atoms with van der Waals surface area (Å²) in [6.45, 7) is 56.6. The van der Waals surface area contributed by atoms with Crippen LogP contribution in [0.3, 0.4) is 0 Å². The molecule has 4 aliphatic rings. The molecule has 54 heteroatoms. The van der Waals surface area contributed by atoms with Crippen molar-refractivity contribution in [1.82, 2.24) is 38.2 Å². The number of aliphatic hydroxyl groups is 7. The number of alkyl halides is 3. The maximum Gasteiger partial charge on any atom is 0.522 e. The summed E-state index contributed by atoms with van der Waals surface area (Å²) in [4.78, 5) is 92.8. The second-order valence-electron chi connectivity index (χ2n) is 36.3. The summed E-state index contributed by atoms with van der Waals surface area (Å²) in [5, 5.41) is 65.2. The van der Waals surface area contributed by atoms with Gasteiger partial charge >= 0.3 is 38.4 Å². The Balaban J connectivity index is -0.00000153. The van der Waals surface area contributed by atoms with Crippen LogP contribution in [0.2, 0.25) is 55.9 Å². The third-order valence-corrected chi connectivity index (χ3v) is 43.2. The van der Waals surface area contributed by atoms with E-state index in [2.05, 4.69) is 196 Å². The molecular weight excluding hydrogens is 2070 g/mol. The van der Waals surface area contributed by atoms with Gasteiger partial charge in [-0.15, -0.1) is 0 Å². The predicted molar refractivity (Wildman–Crippen MR) is 557 cm³/mol. The topological polar surface area (TPSA) is 497 Å². The van der Waals surface area contributed by atoms with Crippen molar-refractivity contribution in [3.63, 3.8) is 0 Å². The Morgan fingerprint density at radius 2 is 0.853 bits per heavy atom. The van der Waals surface area contributed by atoms with Crippen molar-refractivity contribution in [2.75, 3.05) is 45.5 Å². The fraction of sp³-hybridized carbons (Fsp3) is 0.732. The number of aliphatic hydroxyl groups excluding tert-OH is 5. The molecule has 4 aromatic heterocycles. The van der Waals surface area contributed by atoms with Crippen LogP contribution in [0.15, 0.2) is 94.8 Å². The number of hydrogen-bond donors (Lipinski definition) is 11. The molecule has 8 heterocycles. The average molecular weight is 2220 g/mol. The number of hydrogen-bond acceptors (Lipinski definition) is 34. The normalized spacial score (nSPS) is 24.6. The summed E-state index contributed by atoms with van der Waals surface area (Å²) >= 11 is 17.5. The van der Waals surface area contributed by atoms with E-state index in [4.69, 9.17) is 58.6 Å². The average Bonchev–Trinajstić information content (AvgIpc) is 1.57. The number of benzene rings is 1. The highest BCUT2D eigenvalue weighted by molar-refractivity contribution is 8.59. The van der Waals surface area contributed by atoms with Crippen LogP contribution in [0.5, 0.6) is 0 Å². The standard InChI is InChI=1S/C19H35N3O4Si.C18H32N2O4Si.C15H23ClO2S.C11H17N3O6.C10H14N2O6.C4H9F3O3SSi.C2H6.CH4O.2CH4.S5.S4/c1-10-14-13(2)19(6,26-27(8,9)18(3,4)5)16(25-14)22-12-11-15(21-24-7)20-17(22)23;1-9-13-12(2)18(6,24-25(7,8)17(3,4)5)15(23-13)20-11-10-14(21)19-16(20)22;1-9(2)12-7-13(10(3)4)15(19(16,17)18)14(8-12)11(5)6;1-11(18)8(16)6(5-15)20-9(11)14-4-3-7(13-19-2)12-10(14)17;1-10(17)7(15)5(4-13)18-8(10)12-3-2-6(14)11-9(12)16;1-12(2,3)10-11(8,9)4(5,6)7;2*1-2;;;1-3-5-4-2;1-3-4-2/h11-14,16H,10H2,1-9H3,(H,20,21,23);10-13,15H,9H2,1-8H3,(H,19,21,22);7-11H,1-6H3;3-4,6,8-9,15-16,18H,5H2,1-2H3,(H,12,13,17);2-3,5,7-8,13,15,17H,4H2,1H3,(H,11,14,16);1-3H3;1-2H3;2H,1H3;2*1H4;;/t13-,14+,16+,19?;12-,13+,15+,18?;;6-,8+,9-,11?;5-,7+,8-,10?;;;;;;;/m00.11......./s1. The van der Waals surface area contributed by atoms with Gasteiger partial charge in [-0.05, 0) is 143 Å². The first-order chi connectivity index (χ1) is 61.3. The number of anilines is 2. The molecule has 0 radical (unpaired) electrons. The van der Waals surface area contributed by atoms with Crippen LogP contribution in [0, 0.1) is 11.8 Å². The molecule has 0 aliphatic carbocycles. The number of aromatic amines is 2. The third kappa shape index (κ3) is 37.5. The van der Waals surface area contributed by atoms with Gasteiger partial charge in [-0.2, -0.15) is 31.6 Å². The monoisotopic (exact) mass is 2220 g/mol. The van der Waals surface area contributed by atoms with Crippen molar-refractivity contribution in [1.29, 1.82) is 0 Å². The SMILES string of the molecule is C.C.CC.CC(C)c1cc(C(C)C)c(S(=O)(=O)Cl)c(C(C)C)c1.CC1(O)[C@@H](O)[C@@H](CO)O[C@H]1n1ccc(=O)[nH]c1=O.CC[C@H]1O[C@@H](n2ccc(=O)[nH]c2=O)C(C)(O[Si](C)(C)C(C)(C)C)[C@H]1C.CC[C@H]1O[C@@H](n2ccc(NOC)nc2=O)C(C)(O[Si](C)(C)C(C)(C)C)[C@H]1C.CO.CONc1ccn([C@@H]2O[C@H](CO)[C@H](O)C2(C)O)c(=O)n1.C[Si](C)(C)OS(=O)(=O)C(F)(F)F.S=S=S=S.S=S=S=S=S. The second-order valence-corrected chi connectivity index (χ2v) is 63.4. The fourth-order valence-corrected chi connectivity index (χ4v) is 24.2. The molecule has 4 aliphatic heterocycles. The first kappa shape index (κ1) is 136. The van der Waals surface area contributed by atoms with Crippen molar-refractivity contribution in [3.8, 4) is 0 Å². The van der Waals surface area contributed by atoms with E-state index >= 15 is 0 Å².